The van der Waals surface area contributed by atoms with Gasteiger partial charge in [0.2, 0.25) is 5.91 Å². The lowest BCUT2D eigenvalue weighted by molar-refractivity contribution is -0.133. The fraction of sp³-hybridized carbons (Fsp3) is 0.312. The van der Waals surface area contributed by atoms with Gasteiger partial charge in [-0.1, -0.05) is 24.3 Å². The molecule has 2 aliphatic heterocycles. The maximum atomic E-state index is 13.1. The van der Waals surface area contributed by atoms with Crippen molar-refractivity contribution in [2.45, 2.75) is 37.6 Å². The second-order valence-corrected chi connectivity index (χ2v) is 12.3. The summed E-state index contributed by atoms with van der Waals surface area (Å²) >= 11 is 1.54. The molecule has 9 nitrogen and oxygen atoms in total. The molecule has 2 unspecified atom stereocenters. The van der Waals surface area contributed by atoms with E-state index >= 15 is 0 Å². The number of aromatic nitrogens is 3. The number of likely N-dealkylation sites (tertiary alicyclic amines) is 1. The topological polar surface area (TPSA) is 94.9 Å². The number of pyridine rings is 2. The third kappa shape index (κ3) is 5.18. The molecule has 2 aliphatic rings. The van der Waals surface area contributed by atoms with Crippen LogP contribution in [0, 0.1) is 0 Å². The number of hydrogen-bond acceptors (Lipinski definition) is 7. The van der Waals surface area contributed by atoms with E-state index in [0.29, 0.717) is 5.82 Å². The summed E-state index contributed by atoms with van der Waals surface area (Å²) in [5.41, 5.74) is 3.66. The van der Waals surface area contributed by atoms with Gasteiger partial charge in [0, 0.05) is 62.2 Å². The molecule has 0 spiro atoms. The highest BCUT2D eigenvalue weighted by atomic mass is 32.1. The predicted octanol–water partition coefficient (Wildman–Crippen LogP) is 5.42. The van der Waals surface area contributed by atoms with E-state index in [1.807, 2.05) is 65.1 Å². The number of amides is 2. The average molecular weight is 580 g/mol. The van der Waals surface area contributed by atoms with Gasteiger partial charge in [-0.15, -0.1) is 11.3 Å². The van der Waals surface area contributed by atoms with E-state index in [4.69, 9.17) is 0 Å². The Balaban J connectivity index is 1.07. The van der Waals surface area contributed by atoms with E-state index in [-0.39, 0.29) is 23.8 Å². The molecule has 2 N–H and O–H groups in total. The van der Waals surface area contributed by atoms with Gasteiger partial charge < -0.3 is 24.8 Å². The predicted molar refractivity (Wildman–Crippen MR) is 167 cm³/mol. The third-order valence-corrected chi connectivity index (χ3v) is 9.47. The number of fused-ring (bicyclic) bond motifs is 2. The Morgan fingerprint density at radius 2 is 1.93 bits per heavy atom. The van der Waals surface area contributed by atoms with Gasteiger partial charge >= 0.3 is 0 Å². The zero-order chi connectivity index (χ0) is 28.6. The van der Waals surface area contributed by atoms with Crippen molar-refractivity contribution in [1.82, 2.24) is 24.6 Å². The molecule has 214 valence electrons. The Morgan fingerprint density at radius 1 is 1.05 bits per heavy atom. The molecular formula is C32H33N7O2S. The molecule has 0 saturated carbocycles. The van der Waals surface area contributed by atoms with Crippen molar-refractivity contribution in [2.24, 2.45) is 0 Å². The van der Waals surface area contributed by atoms with Crippen molar-refractivity contribution in [1.29, 1.82) is 0 Å². The van der Waals surface area contributed by atoms with Crippen molar-refractivity contribution in [3.05, 3.63) is 83.8 Å². The quantitative estimate of drug-likeness (QED) is 0.279. The molecule has 0 radical (unpaired) electrons. The lowest BCUT2D eigenvalue weighted by Gasteiger charge is -2.35. The standard InChI is InChI=1S/C32H33N7O2S/c1-37-13-5-8-25(32(37)41)22-10-11-29(34-18-22)36-26-17-24(20-39-15-12-33-30(26)39)38-14-4-7-23(19-38)35-31(40)28-16-21-6-2-3-9-27(21)42-28/h2-3,6,9-12,15-18,20,23,25H,4-5,7-8,13-14,19H2,1H3,(H,34,36)(H,35,40). The molecule has 5 aromatic rings. The first kappa shape index (κ1) is 26.5. The largest absolute Gasteiger partial charge is 0.368 e. The second kappa shape index (κ2) is 11.1. The summed E-state index contributed by atoms with van der Waals surface area (Å²) in [6.45, 7) is 2.45. The number of nitrogens with zero attached hydrogens (tertiary/aromatic N) is 5. The van der Waals surface area contributed by atoms with Crippen LogP contribution in [-0.2, 0) is 4.79 Å². The third-order valence-electron chi connectivity index (χ3n) is 8.36. The fourth-order valence-electron chi connectivity index (χ4n) is 6.13. The van der Waals surface area contributed by atoms with Gasteiger partial charge in [0.05, 0.1) is 22.2 Å². The summed E-state index contributed by atoms with van der Waals surface area (Å²) in [7, 11) is 1.87. The first-order valence-corrected chi connectivity index (χ1v) is 15.3. The van der Waals surface area contributed by atoms with Gasteiger partial charge in [0.25, 0.3) is 5.91 Å². The van der Waals surface area contributed by atoms with Gasteiger partial charge in [-0.25, -0.2) is 9.97 Å². The first-order chi connectivity index (χ1) is 20.5. The molecule has 2 fully saturated rings. The first-order valence-electron chi connectivity index (χ1n) is 14.5. The number of hydrogen-bond donors (Lipinski definition) is 2. The minimum Gasteiger partial charge on any atom is -0.368 e. The summed E-state index contributed by atoms with van der Waals surface area (Å²) in [4.78, 5) is 39.9. The second-order valence-electron chi connectivity index (χ2n) is 11.2. The maximum absolute atomic E-state index is 13.1. The van der Waals surface area contributed by atoms with Gasteiger partial charge in [0.1, 0.15) is 5.82 Å². The average Bonchev–Trinajstić information content (AvgIpc) is 3.67. The number of carbonyl (C=O) groups is 2. The fourth-order valence-corrected chi connectivity index (χ4v) is 7.09. The number of anilines is 3. The Morgan fingerprint density at radius 3 is 2.79 bits per heavy atom. The van der Waals surface area contributed by atoms with Gasteiger partial charge in [-0.2, -0.15) is 0 Å². The molecule has 0 bridgehead atoms. The Labute approximate surface area is 248 Å². The lowest BCUT2D eigenvalue weighted by atomic mass is 9.91. The Hall–Kier alpha value is -4.44. The smallest absolute Gasteiger partial charge is 0.261 e. The SMILES string of the molecule is CN1CCCC(c2ccc(Nc3cc(N4CCCC(NC(=O)c5cc6ccccc6s5)C4)cn4ccnc34)nc2)C1=O. The molecule has 4 aromatic heterocycles. The zero-order valence-corrected chi connectivity index (χ0v) is 24.3. The molecule has 42 heavy (non-hydrogen) atoms. The summed E-state index contributed by atoms with van der Waals surface area (Å²) in [5, 5.41) is 7.84. The van der Waals surface area contributed by atoms with Gasteiger partial charge in [-0.05, 0) is 60.9 Å². The maximum Gasteiger partial charge on any atom is 0.261 e. The van der Waals surface area contributed by atoms with Crippen LogP contribution in [0.2, 0.25) is 0 Å². The van der Waals surface area contributed by atoms with Crippen LogP contribution < -0.4 is 15.5 Å². The van der Waals surface area contributed by atoms with Crippen molar-refractivity contribution in [3.63, 3.8) is 0 Å². The Kier molecular flexibility index (Phi) is 6.99. The van der Waals surface area contributed by atoms with E-state index < -0.39 is 0 Å². The van der Waals surface area contributed by atoms with Crippen LogP contribution in [0.15, 0.2) is 73.3 Å². The van der Waals surface area contributed by atoms with E-state index in [1.165, 1.54) is 11.3 Å². The molecule has 1 aromatic carbocycles. The van der Waals surface area contributed by atoms with Crippen LogP contribution in [-0.4, -0.2) is 63.8 Å². The molecule has 10 heteroatoms. The van der Waals surface area contributed by atoms with Gasteiger partial charge in [-0.3, -0.25) is 9.59 Å². The van der Waals surface area contributed by atoms with Crippen molar-refractivity contribution in [3.8, 4) is 0 Å². The Bertz CT molecular complexity index is 1730. The molecule has 6 heterocycles. The number of benzene rings is 1. The normalized spacial score (nSPS) is 19.4. The van der Waals surface area contributed by atoms with Gasteiger partial charge in [0.15, 0.2) is 5.65 Å². The molecule has 2 atom stereocenters. The van der Waals surface area contributed by atoms with Crippen LogP contribution in [0.4, 0.5) is 17.2 Å². The minimum atomic E-state index is -0.126. The van der Waals surface area contributed by atoms with E-state index in [1.54, 1.807) is 6.20 Å². The zero-order valence-electron chi connectivity index (χ0n) is 23.5. The number of carbonyl (C=O) groups excluding carboxylic acids is 2. The minimum absolute atomic E-state index is 0.00781. The number of imidazole rings is 1. The van der Waals surface area contributed by atoms with Crippen LogP contribution in [0.1, 0.15) is 46.8 Å². The van der Waals surface area contributed by atoms with E-state index in [9.17, 15) is 9.59 Å². The number of nitrogens with one attached hydrogen (secondary N) is 2. The van der Waals surface area contributed by atoms with E-state index in [0.717, 1.165) is 82.9 Å². The summed E-state index contributed by atoms with van der Waals surface area (Å²) < 4.78 is 3.14. The highest BCUT2D eigenvalue weighted by molar-refractivity contribution is 7.20. The molecule has 2 amide bonds. The van der Waals surface area contributed by atoms with Crippen molar-refractivity contribution < 1.29 is 9.59 Å². The van der Waals surface area contributed by atoms with Crippen molar-refractivity contribution in [2.75, 3.05) is 36.9 Å². The summed E-state index contributed by atoms with van der Waals surface area (Å²) in [5.74, 6) is 0.727. The number of thiophene rings is 1. The number of piperidine rings is 2. The van der Waals surface area contributed by atoms with Crippen LogP contribution in [0.3, 0.4) is 0 Å². The number of rotatable bonds is 6. The summed E-state index contributed by atoms with van der Waals surface area (Å²) in [6, 6.07) is 16.2. The van der Waals surface area contributed by atoms with Crippen molar-refractivity contribution >= 4 is 56.1 Å². The molecule has 2 saturated heterocycles. The monoisotopic (exact) mass is 579 g/mol. The van der Waals surface area contributed by atoms with Crippen LogP contribution in [0.5, 0.6) is 0 Å². The lowest BCUT2D eigenvalue weighted by Crippen LogP contribution is -2.47. The highest BCUT2D eigenvalue weighted by Gasteiger charge is 2.28. The summed E-state index contributed by atoms with van der Waals surface area (Å²) in [6.07, 6.45) is 11.4. The molecule has 0 aliphatic carbocycles. The molecule has 7 rings (SSSR count). The number of likely N-dealkylation sites (N-methyl/N-ethyl adjacent to an activating group) is 1. The highest BCUT2D eigenvalue weighted by Crippen LogP contribution is 2.31. The molecular weight excluding hydrogens is 546 g/mol. The van der Waals surface area contributed by atoms with E-state index in [2.05, 4.69) is 43.8 Å². The van der Waals surface area contributed by atoms with Crippen LogP contribution in [0.25, 0.3) is 15.7 Å². The van der Waals surface area contributed by atoms with Crippen LogP contribution >= 0.6 is 11.3 Å².